The molecule has 1 unspecified atom stereocenters. The van der Waals surface area contributed by atoms with Crippen LogP contribution in [0.3, 0.4) is 0 Å². The molecule has 4 aromatic rings. The number of aromatic nitrogens is 4. The van der Waals surface area contributed by atoms with E-state index in [0.717, 1.165) is 59.1 Å². The fourth-order valence-corrected chi connectivity index (χ4v) is 6.07. The Kier molecular flexibility index (Phi) is 10.2. The van der Waals surface area contributed by atoms with E-state index in [0.29, 0.717) is 36.0 Å². The van der Waals surface area contributed by atoms with Gasteiger partial charge in [0.1, 0.15) is 6.04 Å². The first-order valence-corrected chi connectivity index (χ1v) is 15.7. The Morgan fingerprint density at radius 3 is 2.22 bits per heavy atom. The summed E-state index contributed by atoms with van der Waals surface area (Å²) in [4.78, 5) is 41.4. The Balaban J connectivity index is 1.34. The number of nitrogens with two attached hydrogens (primary N) is 1. The summed E-state index contributed by atoms with van der Waals surface area (Å²) in [7, 11) is 3.50. The maximum atomic E-state index is 13.7. The lowest BCUT2D eigenvalue weighted by atomic mass is 9.81. The number of anilines is 1. The van der Waals surface area contributed by atoms with Crippen molar-refractivity contribution >= 4 is 23.4 Å². The molecule has 0 spiro atoms. The monoisotopic (exact) mass is 622 g/mol. The van der Waals surface area contributed by atoms with Crippen LogP contribution in [0, 0.1) is 25.7 Å². The number of rotatable bonds is 10. The van der Waals surface area contributed by atoms with Crippen LogP contribution >= 0.6 is 0 Å². The number of hydrogen-bond donors (Lipinski definition) is 4. The predicted molar refractivity (Wildman–Crippen MR) is 178 cm³/mol. The van der Waals surface area contributed by atoms with Crippen LogP contribution in [0.25, 0.3) is 22.5 Å². The second-order valence-corrected chi connectivity index (χ2v) is 12.4. The lowest BCUT2D eigenvalue weighted by Crippen LogP contribution is -2.48. The van der Waals surface area contributed by atoms with E-state index in [4.69, 9.17) is 5.73 Å². The molecule has 1 fully saturated rings. The van der Waals surface area contributed by atoms with Crippen molar-refractivity contribution in [3.05, 3.63) is 82.9 Å². The quantitative estimate of drug-likeness (QED) is 0.205. The highest BCUT2D eigenvalue weighted by Gasteiger charge is 2.29. The second kappa shape index (κ2) is 14.5. The molecule has 0 bridgehead atoms. The molecule has 1 aromatic heterocycles. The number of H-pyrrole nitrogens is 1. The largest absolute Gasteiger partial charge is 0.345 e. The van der Waals surface area contributed by atoms with Gasteiger partial charge in [0, 0.05) is 43.2 Å². The Morgan fingerprint density at radius 1 is 0.935 bits per heavy atom. The minimum atomic E-state index is -0.784. The van der Waals surface area contributed by atoms with E-state index in [1.54, 1.807) is 43.3 Å². The van der Waals surface area contributed by atoms with Crippen molar-refractivity contribution in [2.45, 2.75) is 52.0 Å². The van der Waals surface area contributed by atoms with Gasteiger partial charge in [0.15, 0.2) is 0 Å². The van der Waals surface area contributed by atoms with E-state index in [2.05, 4.69) is 31.3 Å². The van der Waals surface area contributed by atoms with E-state index < -0.39 is 6.04 Å². The van der Waals surface area contributed by atoms with Gasteiger partial charge in [-0.25, -0.2) is 0 Å². The van der Waals surface area contributed by atoms with E-state index in [-0.39, 0.29) is 23.6 Å². The number of aryl methyl sites for hydroxylation is 2. The number of carbonyl (C=O) groups is 3. The van der Waals surface area contributed by atoms with Gasteiger partial charge in [0.05, 0.1) is 0 Å². The summed E-state index contributed by atoms with van der Waals surface area (Å²) in [6.07, 6.45) is 3.68. The zero-order valence-corrected chi connectivity index (χ0v) is 26.8. The molecule has 5 N–H and O–H groups in total. The molecule has 0 aliphatic heterocycles. The number of aromatic amines is 1. The number of amides is 3. The molecule has 11 heteroatoms. The lowest BCUT2D eigenvalue weighted by Gasteiger charge is -2.28. The number of benzene rings is 3. The molecular formula is C35H42N8O3. The molecule has 3 aromatic carbocycles. The third-order valence-electron chi connectivity index (χ3n) is 8.85. The van der Waals surface area contributed by atoms with E-state index in [1.807, 2.05) is 50.2 Å². The Labute approximate surface area is 269 Å². The molecule has 1 saturated carbocycles. The van der Waals surface area contributed by atoms with Gasteiger partial charge in [-0.05, 0) is 115 Å². The van der Waals surface area contributed by atoms with E-state index in [9.17, 15) is 14.4 Å². The van der Waals surface area contributed by atoms with Crippen molar-refractivity contribution in [2.75, 3.05) is 26.0 Å². The first-order valence-electron chi connectivity index (χ1n) is 15.7. The van der Waals surface area contributed by atoms with Crippen molar-refractivity contribution < 1.29 is 14.4 Å². The molecule has 1 aliphatic rings. The fourth-order valence-electron chi connectivity index (χ4n) is 6.07. The summed E-state index contributed by atoms with van der Waals surface area (Å²) in [6.45, 7) is 4.62. The van der Waals surface area contributed by atoms with Crippen molar-refractivity contribution in [1.82, 2.24) is 30.8 Å². The number of tetrazole rings is 1. The molecule has 46 heavy (non-hydrogen) atoms. The number of nitrogens with zero attached hydrogens (tertiary/aromatic N) is 4. The highest BCUT2D eigenvalue weighted by Crippen LogP contribution is 2.30. The van der Waals surface area contributed by atoms with Crippen LogP contribution in [0.1, 0.15) is 52.7 Å². The minimum Gasteiger partial charge on any atom is -0.345 e. The number of carbonyl (C=O) groups excluding carboxylic acids is 3. The van der Waals surface area contributed by atoms with Gasteiger partial charge in [-0.3, -0.25) is 14.4 Å². The molecule has 5 rings (SSSR count). The third kappa shape index (κ3) is 7.66. The topological polar surface area (TPSA) is 159 Å². The highest BCUT2D eigenvalue weighted by molar-refractivity contribution is 5.98. The molecule has 1 heterocycles. The maximum Gasteiger partial charge on any atom is 0.253 e. The average molecular weight is 623 g/mol. The summed E-state index contributed by atoms with van der Waals surface area (Å²) < 4.78 is 0. The molecule has 0 radical (unpaired) electrons. The van der Waals surface area contributed by atoms with Gasteiger partial charge in [-0.2, -0.15) is 5.21 Å². The van der Waals surface area contributed by atoms with E-state index >= 15 is 0 Å². The third-order valence-corrected chi connectivity index (χ3v) is 8.85. The maximum absolute atomic E-state index is 13.7. The highest BCUT2D eigenvalue weighted by atomic mass is 16.2. The van der Waals surface area contributed by atoms with Crippen LogP contribution in [0.5, 0.6) is 0 Å². The minimum absolute atomic E-state index is 0.0408. The molecule has 1 aliphatic carbocycles. The molecule has 11 nitrogen and oxygen atoms in total. The van der Waals surface area contributed by atoms with Gasteiger partial charge in [-0.1, -0.05) is 30.3 Å². The standard InChI is InChI=1S/C35H42N8O3/c1-21-17-22(2)30(35(46)43(3)4)19-29(21)25-9-5-23(6-10-25)18-31(38-33(44)27-11-7-24(20-36)8-12-27)34(45)37-28-15-13-26(14-16-28)32-39-41-42-40-32/h5-6,9-10,13-17,19,24,27,31H,7-8,11-12,18,20,36H2,1-4H3,(H,37,45)(H,38,44)(H,39,40,41,42). The Bertz CT molecular complexity index is 1660. The smallest absolute Gasteiger partial charge is 0.253 e. The summed E-state index contributed by atoms with van der Waals surface area (Å²) in [5.41, 5.74) is 12.7. The predicted octanol–water partition coefficient (Wildman–Crippen LogP) is 4.28. The van der Waals surface area contributed by atoms with Crippen LogP contribution in [-0.4, -0.2) is 69.9 Å². The van der Waals surface area contributed by atoms with Crippen molar-refractivity contribution in [3.8, 4) is 22.5 Å². The lowest BCUT2D eigenvalue weighted by molar-refractivity contribution is -0.130. The first-order chi connectivity index (χ1) is 22.1. The number of nitrogens with one attached hydrogen (secondary N) is 3. The van der Waals surface area contributed by atoms with Crippen molar-refractivity contribution in [3.63, 3.8) is 0 Å². The van der Waals surface area contributed by atoms with Gasteiger partial charge >= 0.3 is 0 Å². The zero-order chi connectivity index (χ0) is 32.8. The first kappa shape index (κ1) is 32.5. The number of hydrogen-bond acceptors (Lipinski definition) is 7. The van der Waals surface area contributed by atoms with Crippen LogP contribution in [-0.2, 0) is 16.0 Å². The van der Waals surface area contributed by atoms with E-state index in [1.165, 1.54) is 0 Å². The molecular weight excluding hydrogens is 580 g/mol. The van der Waals surface area contributed by atoms with Crippen LogP contribution in [0.4, 0.5) is 5.69 Å². The summed E-state index contributed by atoms with van der Waals surface area (Å²) in [6, 6.07) is 18.3. The second-order valence-electron chi connectivity index (χ2n) is 12.4. The molecule has 1 atom stereocenters. The van der Waals surface area contributed by atoms with Crippen molar-refractivity contribution in [2.24, 2.45) is 17.6 Å². The summed E-state index contributed by atoms with van der Waals surface area (Å²) >= 11 is 0. The van der Waals surface area contributed by atoms with Crippen LogP contribution in [0.15, 0.2) is 60.7 Å². The van der Waals surface area contributed by atoms with Gasteiger partial charge in [-0.15, -0.1) is 10.2 Å². The van der Waals surface area contributed by atoms with Gasteiger partial charge < -0.3 is 21.3 Å². The van der Waals surface area contributed by atoms with Crippen LogP contribution in [0.2, 0.25) is 0 Å². The normalized spacial score (nSPS) is 16.8. The van der Waals surface area contributed by atoms with Gasteiger partial charge in [0.2, 0.25) is 17.6 Å². The molecule has 240 valence electrons. The SMILES string of the molecule is Cc1cc(C)c(-c2ccc(CC(NC(=O)C3CCC(CN)CC3)C(=O)Nc3ccc(-c4nn[nH]n4)cc3)cc2)cc1C(=O)N(C)C. The summed E-state index contributed by atoms with van der Waals surface area (Å²) in [5, 5.41) is 20.0. The average Bonchev–Trinajstić information content (AvgIpc) is 3.60. The Hall–Kier alpha value is -4.90. The van der Waals surface area contributed by atoms with Gasteiger partial charge in [0.25, 0.3) is 5.91 Å². The van der Waals surface area contributed by atoms with Crippen LogP contribution < -0.4 is 16.4 Å². The van der Waals surface area contributed by atoms with Crippen molar-refractivity contribution in [1.29, 1.82) is 0 Å². The zero-order valence-electron chi connectivity index (χ0n) is 26.8. The fraction of sp³-hybridized carbons (Fsp3) is 0.371. The summed E-state index contributed by atoms with van der Waals surface area (Å²) in [5.74, 6) is 0.317. The molecule has 3 amide bonds. The Morgan fingerprint density at radius 2 is 1.61 bits per heavy atom. The molecule has 0 saturated heterocycles.